The molecule has 0 atom stereocenters. The predicted molar refractivity (Wildman–Crippen MR) is 70.3 cm³/mol. The summed E-state index contributed by atoms with van der Waals surface area (Å²) in [5, 5.41) is 2.29. The standard InChI is InChI=1S/C13H15NO2S/c1-2-16-13(15)7-8-17-12-9-10-5-3-4-6-11(10)14-12/h3-6,9,14H,2,7-8H2,1H3. The van der Waals surface area contributed by atoms with E-state index in [0.717, 1.165) is 16.3 Å². The number of aromatic nitrogens is 1. The molecule has 0 unspecified atom stereocenters. The second-order valence-electron chi connectivity index (χ2n) is 3.62. The molecule has 0 spiro atoms. The zero-order chi connectivity index (χ0) is 12.1. The van der Waals surface area contributed by atoms with Crippen molar-refractivity contribution in [2.75, 3.05) is 12.4 Å². The molecule has 17 heavy (non-hydrogen) atoms. The summed E-state index contributed by atoms with van der Waals surface area (Å²) in [6, 6.07) is 10.2. The van der Waals surface area contributed by atoms with Crippen molar-refractivity contribution in [3.05, 3.63) is 30.3 Å². The number of esters is 1. The number of ether oxygens (including phenoxy) is 1. The normalized spacial score (nSPS) is 10.6. The van der Waals surface area contributed by atoms with Gasteiger partial charge in [0.05, 0.1) is 18.1 Å². The van der Waals surface area contributed by atoms with Gasteiger partial charge in [0, 0.05) is 16.7 Å². The molecule has 1 aromatic carbocycles. The third kappa shape index (κ3) is 3.27. The van der Waals surface area contributed by atoms with Crippen LogP contribution in [-0.4, -0.2) is 23.3 Å². The van der Waals surface area contributed by atoms with Crippen LogP contribution in [0, 0.1) is 0 Å². The second-order valence-corrected chi connectivity index (χ2v) is 4.76. The molecule has 1 N–H and O–H groups in total. The Labute approximate surface area is 105 Å². The van der Waals surface area contributed by atoms with E-state index in [1.807, 2.05) is 25.1 Å². The van der Waals surface area contributed by atoms with Gasteiger partial charge in [-0.25, -0.2) is 0 Å². The molecule has 0 radical (unpaired) electrons. The zero-order valence-electron chi connectivity index (χ0n) is 9.73. The van der Waals surface area contributed by atoms with Crippen molar-refractivity contribution in [2.24, 2.45) is 0 Å². The Morgan fingerprint density at radius 3 is 3.00 bits per heavy atom. The molecule has 0 aliphatic carbocycles. The fraction of sp³-hybridized carbons (Fsp3) is 0.308. The Kier molecular flexibility index (Phi) is 4.09. The van der Waals surface area contributed by atoms with Crippen molar-refractivity contribution in [3.8, 4) is 0 Å². The summed E-state index contributed by atoms with van der Waals surface area (Å²) < 4.78 is 4.88. The van der Waals surface area contributed by atoms with E-state index in [9.17, 15) is 4.79 Å². The van der Waals surface area contributed by atoms with Crippen LogP contribution in [0.5, 0.6) is 0 Å². The molecule has 2 aromatic rings. The number of carbonyl (C=O) groups is 1. The molecule has 4 heteroatoms. The Hall–Kier alpha value is -1.42. The zero-order valence-corrected chi connectivity index (χ0v) is 10.5. The van der Waals surface area contributed by atoms with Crippen LogP contribution in [0.4, 0.5) is 0 Å². The van der Waals surface area contributed by atoms with Crippen LogP contribution in [0.2, 0.25) is 0 Å². The van der Waals surface area contributed by atoms with Gasteiger partial charge in [0.25, 0.3) is 0 Å². The molecular weight excluding hydrogens is 234 g/mol. The van der Waals surface area contributed by atoms with Crippen molar-refractivity contribution >= 4 is 28.6 Å². The van der Waals surface area contributed by atoms with Gasteiger partial charge in [-0.1, -0.05) is 18.2 Å². The quantitative estimate of drug-likeness (QED) is 0.653. The number of rotatable bonds is 5. The van der Waals surface area contributed by atoms with Gasteiger partial charge in [-0.15, -0.1) is 11.8 Å². The highest BCUT2D eigenvalue weighted by Gasteiger charge is 2.04. The van der Waals surface area contributed by atoms with Gasteiger partial charge >= 0.3 is 5.97 Å². The van der Waals surface area contributed by atoms with Crippen LogP contribution < -0.4 is 0 Å². The summed E-state index contributed by atoms with van der Waals surface area (Å²) in [4.78, 5) is 14.5. The summed E-state index contributed by atoms with van der Waals surface area (Å²) in [5.74, 6) is 0.613. The Balaban J connectivity index is 1.89. The topological polar surface area (TPSA) is 42.1 Å². The van der Waals surface area contributed by atoms with E-state index in [1.165, 1.54) is 5.39 Å². The molecule has 1 heterocycles. The van der Waals surface area contributed by atoms with E-state index in [-0.39, 0.29) is 5.97 Å². The van der Waals surface area contributed by atoms with Crippen LogP contribution in [0.25, 0.3) is 10.9 Å². The van der Waals surface area contributed by atoms with Crippen molar-refractivity contribution in [1.82, 2.24) is 4.98 Å². The predicted octanol–water partition coefficient (Wildman–Crippen LogP) is 3.21. The highest BCUT2D eigenvalue weighted by atomic mass is 32.2. The number of carbonyl (C=O) groups excluding carboxylic acids is 1. The van der Waals surface area contributed by atoms with Crippen molar-refractivity contribution in [2.45, 2.75) is 18.4 Å². The minimum absolute atomic E-state index is 0.129. The largest absolute Gasteiger partial charge is 0.466 e. The molecule has 90 valence electrons. The molecular formula is C13H15NO2S. The first kappa shape index (κ1) is 12.0. The van der Waals surface area contributed by atoms with Crippen LogP contribution in [0.15, 0.2) is 35.4 Å². The minimum Gasteiger partial charge on any atom is -0.466 e. The maximum atomic E-state index is 11.2. The first-order valence-corrected chi connectivity index (χ1v) is 6.64. The number of fused-ring (bicyclic) bond motifs is 1. The highest BCUT2D eigenvalue weighted by molar-refractivity contribution is 7.99. The molecule has 0 amide bonds. The first-order valence-electron chi connectivity index (χ1n) is 5.66. The Morgan fingerprint density at radius 2 is 2.24 bits per heavy atom. The van der Waals surface area contributed by atoms with Crippen molar-refractivity contribution < 1.29 is 9.53 Å². The van der Waals surface area contributed by atoms with Gasteiger partial charge < -0.3 is 9.72 Å². The molecule has 0 aliphatic rings. The maximum absolute atomic E-state index is 11.2. The summed E-state index contributed by atoms with van der Waals surface area (Å²) in [5.41, 5.74) is 1.13. The molecule has 0 bridgehead atoms. The number of H-pyrrole nitrogens is 1. The first-order chi connectivity index (χ1) is 8.29. The highest BCUT2D eigenvalue weighted by Crippen LogP contribution is 2.23. The number of aromatic amines is 1. The summed E-state index contributed by atoms with van der Waals surface area (Å²) in [6.45, 7) is 2.28. The van der Waals surface area contributed by atoms with Crippen molar-refractivity contribution in [1.29, 1.82) is 0 Å². The molecule has 0 fully saturated rings. The van der Waals surface area contributed by atoms with Gasteiger partial charge in [0.1, 0.15) is 0 Å². The molecule has 0 aliphatic heterocycles. The van der Waals surface area contributed by atoms with Crippen LogP contribution in [0.1, 0.15) is 13.3 Å². The summed E-state index contributed by atoms with van der Waals surface area (Å²) in [6.07, 6.45) is 0.452. The third-order valence-corrected chi connectivity index (χ3v) is 3.31. The smallest absolute Gasteiger partial charge is 0.306 e. The molecule has 3 nitrogen and oxygen atoms in total. The average molecular weight is 249 g/mol. The van der Waals surface area contributed by atoms with Gasteiger partial charge in [0.15, 0.2) is 0 Å². The fourth-order valence-corrected chi connectivity index (χ4v) is 2.48. The molecule has 0 saturated carbocycles. The van der Waals surface area contributed by atoms with E-state index in [2.05, 4.69) is 17.1 Å². The number of hydrogen-bond donors (Lipinski definition) is 1. The lowest BCUT2D eigenvalue weighted by molar-refractivity contribution is -0.142. The van der Waals surface area contributed by atoms with Crippen LogP contribution >= 0.6 is 11.8 Å². The lowest BCUT2D eigenvalue weighted by atomic mass is 10.3. The summed E-state index contributed by atoms with van der Waals surface area (Å²) >= 11 is 1.64. The van der Waals surface area contributed by atoms with Gasteiger partial charge in [-0.2, -0.15) is 0 Å². The lowest BCUT2D eigenvalue weighted by Gasteiger charge is -2.00. The monoisotopic (exact) mass is 249 g/mol. The molecule has 2 rings (SSSR count). The second kappa shape index (κ2) is 5.77. The van der Waals surface area contributed by atoms with E-state index < -0.39 is 0 Å². The SMILES string of the molecule is CCOC(=O)CCSc1cc2ccccc2[nH]1. The van der Waals surface area contributed by atoms with Crippen molar-refractivity contribution in [3.63, 3.8) is 0 Å². The van der Waals surface area contributed by atoms with Gasteiger partial charge in [-0.05, 0) is 19.1 Å². The fourth-order valence-electron chi connectivity index (χ4n) is 1.60. The third-order valence-electron chi connectivity index (χ3n) is 2.37. The number of hydrogen-bond acceptors (Lipinski definition) is 3. The minimum atomic E-state index is -0.129. The van der Waals surface area contributed by atoms with Gasteiger partial charge in [0.2, 0.25) is 0 Å². The van der Waals surface area contributed by atoms with E-state index in [1.54, 1.807) is 11.8 Å². The summed E-state index contributed by atoms with van der Waals surface area (Å²) in [7, 11) is 0. The number of benzene rings is 1. The molecule has 1 aromatic heterocycles. The Bertz CT molecular complexity index is 474. The van der Waals surface area contributed by atoms with Gasteiger partial charge in [-0.3, -0.25) is 4.79 Å². The Morgan fingerprint density at radius 1 is 1.41 bits per heavy atom. The van der Waals surface area contributed by atoms with E-state index >= 15 is 0 Å². The van der Waals surface area contributed by atoms with E-state index in [4.69, 9.17) is 4.74 Å². The van der Waals surface area contributed by atoms with Crippen LogP contribution in [-0.2, 0) is 9.53 Å². The van der Waals surface area contributed by atoms with Crippen LogP contribution in [0.3, 0.4) is 0 Å². The maximum Gasteiger partial charge on any atom is 0.306 e. The number of nitrogens with one attached hydrogen (secondary N) is 1. The van der Waals surface area contributed by atoms with E-state index in [0.29, 0.717) is 13.0 Å². The number of thioether (sulfide) groups is 1. The lowest BCUT2D eigenvalue weighted by Crippen LogP contribution is -2.04. The number of para-hydroxylation sites is 1. The average Bonchev–Trinajstić information content (AvgIpc) is 2.71. The molecule has 0 saturated heterocycles.